The summed E-state index contributed by atoms with van der Waals surface area (Å²) in [5.74, 6) is 0. The van der Waals surface area contributed by atoms with E-state index < -0.39 is 6.10 Å². The third kappa shape index (κ3) is 2.51. The van der Waals surface area contributed by atoms with Crippen LogP contribution in [0.2, 0.25) is 0 Å². The number of hydrogen-bond donors (Lipinski definition) is 1. The fourth-order valence-electron chi connectivity index (χ4n) is 1.07. The van der Waals surface area contributed by atoms with Crippen LogP contribution < -0.4 is 0 Å². The lowest BCUT2D eigenvalue weighted by atomic mass is 9.85. The maximum atomic E-state index is 9.98. The van der Waals surface area contributed by atoms with Crippen molar-refractivity contribution in [3.8, 4) is 0 Å². The Morgan fingerprint density at radius 1 is 1.46 bits per heavy atom. The van der Waals surface area contributed by atoms with Crippen LogP contribution in [0.4, 0.5) is 0 Å². The Kier molecular flexibility index (Phi) is 3.09. The van der Waals surface area contributed by atoms with Crippen molar-refractivity contribution in [1.82, 2.24) is 4.98 Å². The Hall–Kier alpha value is -0.410. The zero-order chi connectivity index (χ0) is 10.1. The van der Waals surface area contributed by atoms with Gasteiger partial charge < -0.3 is 5.11 Å². The van der Waals surface area contributed by atoms with Crippen LogP contribution >= 0.6 is 15.9 Å². The van der Waals surface area contributed by atoms with E-state index in [4.69, 9.17) is 0 Å². The Bertz CT molecular complexity index is 293. The molecule has 0 saturated heterocycles. The first-order valence-electron chi connectivity index (χ1n) is 4.20. The molecule has 3 heteroatoms. The van der Waals surface area contributed by atoms with Crippen LogP contribution in [-0.2, 0) is 0 Å². The lowest BCUT2D eigenvalue weighted by molar-refractivity contribution is 0.0620. The van der Waals surface area contributed by atoms with E-state index in [0.29, 0.717) is 0 Å². The van der Waals surface area contributed by atoms with Gasteiger partial charge in [-0.3, -0.25) is 4.98 Å². The summed E-state index contributed by atoms with van der Waals surface area (Å²) in [5.41, 5.74) is 0.742. The van der Waals surface area contributed by atoms with Gasteiger partial charge in [0.1, 0.15) is 0 Å². The fourth-order valence-corrected chi connectivity index (χ4v) is 1.54. The monoisotopic (exact) mass is 243 g/mol. The van der Waals surface area contributed by atoms with Gasteiger partial charge in [-0.1, -0.05) is 20.8 Å². The predicted molar refractivity (Wildman–Crippen MR) is 56.4 cm³/mol. The summed E-state index contributed by atoms with van der Waals surface area (Å²) in [6, 6.07) is 1.83. The van der Waals surface area contributed by atoms with Gasteiger partial charge in [-0.2, -0.15) is 0 Å². The van der Waals surface area contributed by atoms with Crippen LogP contribution in [0.5, 0.6) is 0 Å². The number of aromatic nitrogens is 1. The number of hydrogen-bond acceptors (Lipinski definition) is 2. The molecule has 1 N–H and O–H groups in total. The average molecular weight is 244 g/mol. The van der Waals surface area contributed by atoms with E-state index in [9.17, 15) is 5.11 Å². The topological polar surface area (TPSA) is 33.1 Å². The minimum absolute atomic E-state index is 0.149. The Morgan fingerprint density at radius 2 is 2.08 bits per heavy atom. The summed E-state index contributed by atoms with van der Waals surface area (Å²) < 4.78 is 0.859. The van der Waals surface area contributed by atoms with Crippen LogP contribution in [0.3, 0.4) is 0 Å². The smallest absolute Gasteiger partial charge is 0.0850 e. The molecule has 1 unspecified atom stereocenters. The maximum Gasteiger partial charge on any atom is 0.0850 e. The maximum absolute atomic E-state index is 9.98. The van der Waals surface area contributed by atoms with Crippen LogP contribution in [0.1, 0.15) is 32.4 Å². The summed E-state index contributed by atoms with van der Waals surface area (Å²) in [4.78, 5) is 3.95. The highest BCUT2D eigenvalue weighted by Crippen LogP contribution is 2.35. The summed E-state index contributed by atoms with van der Waals surface area (Å²) in [5, 5.41) is 9.98. The molecule has 0 saturated carbocycles. The number of aliphatic hydroxyl groups excluding tert-OH is 1. The molecule has 0 aliphatic heterocycles. The van der Waals surface area contributed by atoms with Gasteiger partial charge in [-0.05, 0) is 33.0 Å². The molecule has 0 fully saturated rings. The average Bonchev–Trinajstić information content (AvgIpc) is 2.02. The largest absolute Gasteiger partial charge is 0.388 e. The SMILES string of the molecule is CC(C)(C)C(O)c1ccncc1Br. The van der Waals surface area contributed by atoms with Gasteiger partial charge in [0.25, 0.3) is 0 Å². The van der Waals surface area contributed by atoms with E-state index in [2.05, 4.69) is 20.9 Å². The van der Waals surface area contributed by atoms with Gasteiger partial charge in [0, 0.05) is 16.9 Å². The van der Waals surface area contributed by atoms with E-state index in [-0.39, 0.29) is 5.41 Å². The summed E-state index contributed by atoms with van der Waals surface area (Å²) in [7, 11) is 0. The molecule has 0 bridgehead atoms. The number of pyridine rings is 1. The molecule has 13 heavy (non-hydrogen) atoms. The standard InChI is InChI=1S/C10H14BrNO/c1-10(2,3)9(13)7-4-5-12-6-8(7)11/h4-6,9,13H,1-3H3. The van der Waals surface area contributed by atoms with Crippen LogP contribution in [0.15, 0.2) is 22.9 Å². The van der Waals surface area contributed by atoms with Crippen molar-refractivity contribution in [3.63, 3.8) is 0 Å². The lowest BCUT2D eigenvalue weighted by Crippen LogP contribution is -2.18. The molecule has 72 valence electrons. The first-order chi connectivity index (χ1) is 5.93. The summed E-state index contributed by atoms with van der Waals surface area (Å²) >= 11 is 3.37. The summed E-state index contributed by atoms with van der Waals surface area (Å²) in [6.45, 7) is 6.01. The van der Waals surface area contributed by atoms with Crippen molar-refractivity contribution < 1.29 is 5.11 Å². The van der Waals surface area contributed by atoms with Crippen molar-refractivity contribution in [3.05, 3.63) is 28.5 Å². The molecule has 1 aromatic heterocycles. The van der Waals surface area contributed by atoms with Gasteiger partial charge in [-0.25, -0.2) is 0 Å². The molecule has 0 amide bonds. The van der Waals surface area contributed by atoms with Gasteiger partial charge >= 0.3 is 0 Å². The second-order valence-electron chi connectivity index (χ2n) is 4.17. The fraction of sp³-hybridized carbons (Fsp3) is 0.500. The third-order valence-electron chi connectivity index (χ3n) is 1.92. The number of rotatable bonds is 1. The molecule has 2 nitrogen and oxygen atoms in total. The Morgan fingerprint density at radius 3 is 2.54 bits per heavy atom. The number of aliphatic hydroxyl groups is 1. The Labute approximate surface area is 87.1 Å². The van der Waals surface area contributed by atoms with Gasteiger partial charge in [0.05, 0.1) is 6.10 Å². The molecule has 0 spiro atoms. The van der Waals surface area contributed by atoms with Crippen LogP contribution in [0.25, 0.3) is 0 Å². The van der Waals surface area contributed by atoms with Gasteiger partial charge in [0.15, 0.2) is 0 Å². The molecular weight excluding hydrogens is 230 g/mol. The van der Waals surface area contributed by atoms with Gasteiger partial charge in [0.2, 0.25) is 0 Å². The zero-order valence-electron chi connectivity index (χ0n) is 8.08. The van der Waals surface area contributed by atoms with Crippen molar-refractivity contribution >= 4 is 15.9 Å². The first kappa shape index (κ1) is 10.7. The first-order valence-corrected chi connectivity index (χ1v) is 4.99. The molecule has 1 rings (SSSR count). The van der Waals surface area contributed by atoms with Crippen molar-refractivity contribution in [1.29, 1.82) is 0 Å². The third-order valence-corrected chi connectivity index (χ3v) is 2.58. The van der Waals surface area contributed by atoms with E-state index >= 15 is 0 Å². The zero-order valence-corrected chi connectivity index (χ0v) is 9.67. The van der Waals surface area contributed by atoms with E-state index in [1.165, 1.54) is 0 Å². The van der Waals surface area contributed by atoms with E-state index in [1.807, 2.05) is 26.8 Å². The molecule has 0 radical (unpaired) electrons. The highest BCUT2D eigenvalue weighted by atomic mass is 79.9. The molecule has 0 aromatic carbocycles. The molecule has 1 heterocycles. The lowest BCUT2D eigenvalue weighted by Gasteiger charge is -2.26. The molecule has 0 aliphatic carbocycles. The number of nitrogens with zero attached hydrogens (tertiary/aromatic N) is 1. The van der Waals surface area contributed by atoms with Crippen molar-refractivity contribution in [2.24, 2.45) is 5.41 Å². The molecular formula is C10H14BrNO. The minimum atomic E-state index is -0.468. The van der Waals surface area contributed by atoms with E-state index in [0.717, 1.165) is 10.0 Å². The second kappa shape index (κ2) is 3.76. The second-order valence-corrected chi connectivity index (χ2v) is 5.02. The predicted octanol–water partition coefficient (Wildman–Crippen LogP) is 2.92. The quantitative estimate of drug-likeness (QED) is 0.823. The summed E-state index contributed by atoms with van der Waals surface area (Å²) in [6.07, 6.45) is 2.92. The van der Waals surface area contributed by atoms with E-state index in [1.54, 1.807) is 12.4 Å². The van der Waals surface area contributed by atoms with Crippen molar-refractivity contribution in [2.75, 3.05) is 0 Å². The minimum Gasteiger partial charge on any atom is -0.388 e. The van der Waals surface area contributed by atoms with Crippen LogP contribution in [-0.4, -0.2) is 10.1 Å². The highest BCUT2D eigenvalue weighted by molar-refractivity contribution is 9.10. The Balaban J connectivity index is 3.02. The van der Waals surface area contributed by atoms with Crippen molar-refractivity contribution in [2.45, 2.75) is 26.9 Å². The molecule has 0 aliphatic rings. The normalized spacial score (nSPS) is 14.2. The molecule has 1 atom stereocenters. The van der Waals surface area contributed by atoms with Crippen LogP contribution in [0, 0.1) is 5.41 Å². The highest BCUT2D eigenvalue weighted by Gasteiger charge is 2.25. The van der Waals surface area contributed by atoms with Gasteiger partial charge in [-0.15, -0.1) is 0 Å². The number of halogens is 1. The molecule has 1 aromatic rings.